The SMILES string of the molecule is [2H]c1ccc2c3c4c5ccc([2H])cc5n(-c5ccc(-c6c([2H])c([2H])c([2H])c7c([2H])c([2H])c([2H])c([2H])c67)cc5)c4ccc3n(-c3ccc(-c4ccccc4)cc3)c2c1. The molecule has 0 unspecified atom stereocenters. The molecule has 0 saturated carbocycles. The molecule has 2 heteroatoms. The van der Waals surface area contributed by atoms with E-state index in [9.17, 15) is 0 Å². The minimum absolute atomic E-state index is 0.0415. The molecular formula is C46H30N2. The molecule has 0 amide bonds. The lowest BCUT2D eigenvalue weighted by Gasteiger charge is -2.11. The zero-order chi connectivity index (χ0) is 39.4. The fourth-order valence-electron chi connectivity index (χ4n) is 7.19. The van der Waals surface area contributed by atoms with Gasteiger partial charge in [0.05, 0.1) is 34.4 Å². The molecule has 8 aromatic carbocycles. The van der Waals surface area contributed by atoms with Crippen LogP contribution in [0, 0.1) is 0 Å². The van der Waals surface area contributed by atoms with Gasteiger partial charge in [0.2, 0.25) is 0 Å². The van der Waals surface area contributed by atoms with Crippen LogP contribution >= 0.6 is 0 Å². The summed E-state index contributed by atoms with van der Waals surface area (Å²) in [6, 6.07) is 39.4. The maximum absolute atomic E-state index is 8.85. The van der Waals surface area contributed by atoms with Crippen LogP contribution in [0.4, 0.5) is 0 Å². The number of nitrogens with zero attached hydrogens (tertiary/aromatic N) is 2. The molecule has 0 bridgehead atoms. The Morgan fingerprint density at radius 3 is 1.52 bits per heavy atom. The minimum Gasteiger partial charge on any atom is -0.309 e. The molecule has 224 valence electrons. The summed E-state index contributed by atoms with van der Waals surface area (Å²) in [5.74, 6) is 0. The van der Waals surface area contributed by atoms with E-state index in [0.717, 1.165) is 66.1 Å². The lowest BCUT2D eigenvalue weighted by molar-refractivity contribution is 1.17. The van der Waals surface area contributed by atoms with Crippen molar-refractivity contribution in [2.75, 3.05) is 0 Å². The van der Waals surface area contributed by atoms with Gasteiger partial charge in [-0.1, -0.05) is 133 Å². The Morgan fingerprint density at radius 1 is 0.354 bits per heavy atom. The van der Waals surface area contributed by atoms with Gasteiger partial charge in [-0.05, 0) is 81.6 Å². The van der Waals surface area contributed by atoms with Crippen LogP contribution in [0.5, 0.6) is 0 Å². The predicted octanol–water partition coefficient (Wildman–Crippen LogP) is 12.4. The van der Waals surface area contributed by atoms with Crippen molar-refractivity contribution in [3.8, 4) is 33.6 Å². The van der Waals surface area contributed by atoms with Crippen LogP contribution in [0.1, 0.15) is 12.3 Å². The first kappa shape index (κ1) is 19.3. The van der Waals surface area contributed by atoms with Gasteiger partial charge in [-0.25, -0.2) is 0 Å². The number of hydrogen-bond donors (Lipinski definition) is 0. The van der Waals surface area contributed by atoms with Crippen molar-refractivity contribution in [1.82, 2.24) is 9.13 Å². The third-order valence-electron chi connectivity index (χ3n) is 9.31. The van der Waals surface area contributed by atoms with E-state index in [2.05, 4.69) is 57.7 Å². The van der Waals surface area contributed by atoms with Crippen LogP contribution < -0.4 is 0 Å². The third kappa shape index (κ3) is 4.00. The highest BCUT2D eigenvalue weighted by molar-refractivity contribution is 6.28. The second-order valence-electron chi connectivity index (χ2n) is 11.9. The summed E-state index contributed by atoms with van der Waals surface area (Å²) in [4.78, 5) is 0. The van der Waals surface area contributed by atoms with Crippen LogP contribution in [0.3, 0.4) is 0 Å². The maximum Gasteiger partial charge on any atom is 0.0629 e. The largest absolute Gasteiger partial charge is 0.309 e. The molecule has 2 nitrogen and oxygen atoms in total. The number of aromatic nitrogens is 2. The van der Waals surface area contributed by atoms with Gasteiger partial charge in [-0.2, -0.15) is 0 Å². The van der Waals surface area contributed by atoms with E-state index in [4.69, 9.17) is 12.3 Å². The molecular weight excluding hydrogens is 581 g/mol. The molecule has 0 aliphatic carbocycles. The molecule has 0 saturated heterocycles. The van der Waals surface area contributed by atoms with Crippen molar-refractivity contribution >= 4 is 54.4 Å². The van der Waals surface area contributed by atoms with E-state index in [0.29, 0.717) is 17.6 Å². The summed E-state index contributed by atoms with van der Waals surface area (Å²) < 4.78 is 81.2. The van der Waals surface area contributed by atoms with Gasteiger partial charge in [0, 0.05) is 32.9 Å². The maximum atomic E-state index is 8.85. The Hall–Kier alpha value is -6.38. The van der Waals surface area contributed by atoms with Gasteiger partial charge < -0.3 is 9.13 Å². The highest BCUT2D eigenvalue weighted by atomic mass is 15.0. The lowest BCUT2D eigenvalue weighted by atomic mass is 9.98. The monoisotopic (exact) mass is 619 g/mol. The van der Waals surface area contributed by atoms with Gasteiger partial charge >= 0.3 is 0 Å². The van der Waals surface area contributed by atoms with Crippen LogP contribution in [-0.2, 0) is 0 Å². The Balaban J connectivity index is 1.21. The van der Waals surface area contributed by atoms with Gasteiger partial charge in [0.1, 0.15) is 0 Å². The first-order valence-corrected chi connectivity index (χ1v) is 15.8. The number of hydrogen-bond acceptors (Lipinski definition) is 0. The summed E-state index contributed by atoms with van der Waals surface area (Å²) in [7, 11) is 0. The van der Waals surface area contributed by atoms with E-state index in [-0.39, 0.29) is 28.4 Å². The van der Waals surface area contributed by atoms with Crippen LogP contribution in [0.2, 0.25) is 0 Å². The smallest absolute Gasteiger partial charge is 0.0629 e. The molecule has 10 rings (SSSR count). The average molecular weight is 620 g/mol. The van der Waals surface area contributed by atoms with Crippen LogP contribution in [0.25, 0.3) is 88.0 Å². The molecule has 10 aromatic rings. The van der Waals surface area contributed by atoms with E-state index < -0.39 is 30.2 Å². The van der Waals surface area contributed by atoms with E-state index in [1.165, 1.54) is 0 Å². The molecule has 0 spiro atoms. The van der Waals surface area contributed by atoms with Gasteiger partial charge in [-0.3, -0.25) is 0 Å². The van der Waals surface area contributed by atoms with Crippen molar-refractivity contribution in [2.45, 2.75) is 0 Å². The topological polar surface area (TPSA) is 9.86 Å². The molecule has 0 atom stereocenters. The van der Waals surface area contributed by atoms with Gasteiger partial charge in [-0.15, -0.1) is 0 Å². The molecule has 0 fully saturated rings. The quantitative estimate of drug-likeness (QED) is 0.185. The summed E-state index contributed by atoms with van der Waals surface area (Å²) in [6.45, 7) is 0. The molecule has 48 heavy (non-hydrogen) atoms. The molecule has 0 aliphatic heterocycles. The molecule has 2 heterocycles. The Bertz CT molecular complexity index is 3310. The molecule has 0 radical (unpaired) electrons. The second-order valence-corrected chi connectivity index (χ2v) is 11.9. The molecule has 2 aromatic heterocycles. The van der Waals surface area contributed by atoms with Gasteiger partial charge in [0.25, 0.3) is 0 Å². The second kappa shape index (κ2) is 10.6. The Morgan fingerprint density at radius 2 is 0.896 bits per heavy atom. The van der Waals surface area contributed by atoms with Gasteiger partial charge in [0.15, 0.2) is 0 Å². The Kier molecular flexibility index (Phi) is 4.26. The normalized spacial score (nSPS) is 14.4. The summed E-state index contributed by atoms with van der Waals surface area (Å²) >= 11 is 0. The number of benzene rings is 8. The fraction of sp³-hybridized carbons (Fsp3) is 0. The van der Waals surface area contributed by atoms with Crippen molar-refractivity contribution < 1.29 is 12.3 Å². The Labute approximate surface area is 291 Å². The summed E-state index contributed by atoms with van der Waals surface area (Å²) in [5, 5.41) is 3.91. The average Bonchev–Trinajstić information content (AvgIpc) is 3.73. The number of rotatable bonds is 4. The van der Waals surface area contributed by atoms with Crippen molar-refractivity contribution in [3.05, 3.63) is 182 Å². The van der Waals surface area contributed by atoms with Crippen LogP contribution in [-0.4, -0.2) is 9.13 Å². The third-order valence-corrected chi connectivity index (χ3v) is 9.31. The van der Waals surface area contributed by atoms with Crippen LogP contribution in [0.15, 0.2) is 182 Å². The zero-order valence-corrected chi connectivity index (χ0v) is 25.5. The molecule has 0 aliphatic rings. The standard InChI is InChI=1S/C46H30N2/c1-2-11-31(12-3-1)32-21-25-35(26-22-32)47-41-19-8-6-16-39(41)45-43(47)29-30-44-46(45)40-17-7-9-20-42(40)48(44)36-27-23-34(24-28-36)38-18-10-14-33-13-4-5-15-37(33)38/h1-30H/i4D,5D,8D,9D,10D,13D,14D,15D,18D. The van der Waals surface area contributed by atoms with E-state index in [1.807, 2.05) is 60.7 Å². The summed E-state index contributed by atoms with van der Waals surface area (Å²) in [5.41, 5.74) is 8.20. The van der Waals surface area contributed by atoms with Crippen molar-refractivity contribution in [2.24, 2.45) is 0 Å². The highest BCUT2D eigenvalue weighted by Crippen LogP contribution is 2.42. The zero-order valence-electron chi connectivity index (χ0n) is 34.5. The molecule has 0 N–H and O–H groups in total. The number of para-hydroxylation sites is 2. The predicted molar refractivity (Wildman–Crippen MR) is 203 cm³/mol. The first-order valence-electron chi connectivity index (χ1n) is 20.3. The lowest BCUT2D eigenvalue weighted by Crippen LogP contribution is -1.95. The highest BCUT2D eigenvalue weighted by Gasteiger charge is 2.20. The minimum atomic E-state index is -0.488. The van der Waals surface area contributed by atoms with E-state index in [1.54, 1.807) is 18.2 Å². The van der Waals surface area contributed by atoms with E-state index >= 15 is 0 Å². The fourth-order valence-corrected chi connectivity index (χ4v) is 7.19. The number of fused-ring (bicyclic) bond motifs is 8. The van der Waals surface area contributed by atoms with Crippen molar-refractivity contribution in [1.29, 1.82) is 0 Å². The summed E-state index contributed by atoms with van der Waals surface area (Å²) in [6.07, 6.45) is 0. The first-order chi connectivity index (χ1) is 27.5. The van der Waals surface area contributed by atoms with Crippen molar-refractivity contribution in [3.63, 3.8) is 0 Å².